The van der Waals surface area contributed by atoms with Gasteiger partial charge >= 0.3 is 0 Å². The molecule has 4 rings (SSSR count). The molecule has 1 aromatic heterocycles. The summed E-state index contributed by atoms with van der Waals surface area (Å²) in [4.78, 5) is 14.5. The molecule has 1 aliphatic rings. The van der Waals surface area contributed by atoms with Crippen molar-refractivity contribution in [3.8, 4) is 11.8 Å². The number of ether oxygens (including phenoxy) is 1. The first kappa shape index (κ1) is 20.7. The second kappa shape index (κ2) is 9.09. The number of hydrogen-bond donors (Lipinski definition) is 0. The Kier molecular flexibility index (Phi) is 6.08. The molecule has 0 N–H and O–H groups in total. The minimum atomic E-state index is -0.171. The Bertz CT molecular complexity index is 1180. The van der Waals surface area contributed by atoms with Crippen molar-refractivity contribution in [2.24, 2.45) is 0 Å². The molecule has 0 radical (unpaired) electrons. The van der Waals surface area contributed by atoms with E-state index in [0.717, 1.165) is 53.7 Å². The van der Waals surface area contributed by atoms with Gasteiger partial charge in [-0.05, 0) is 56.0 Å². The van der Waals surface area contributed by atoms with E-state index in [-0.39, 0.29) is 11.5 Å². The molecule has 3 aromatic rings. The summed E-state index contributed by atoms with van der Waals surface area (Å²) < 4.78 is 8.16. The van der Waals surface area contributed by atoms with Crippen LogP contribution in [0.25, 0.3) is 17.0 Å². The topological polar surface area (TPSA) is 58.3 Å². The zero-order valence-corrected chi connectivity index (χ0v) is 18.1. The lowest BCUT2D eigenvalue weighted by Crippen LogP contribution is -2.28. The summed E-state index contributed by atoms with van der Waals surface area (Å²) in [6.07, 6.45) is 5.74. The van der Waals surface area contributed by atoms with Crippen LogP contribution in [0.5, 0.6) is 5.75 Å². The van der Waals surface area contributed by atoms with Gasteiger partial charge in [0.25, 0.3) is 5.91 Å². The number of carbonyl (C=O) groups is 1. The van der Waals surface area contributed by atoms with Gasteiger partial charge < -0.3 is 14.2 Å². The molecule has 31 heavy (non-hydrogen) atoms. The van der Waals surface area contributed by atoms with E-state index >= 15 is 0 Å². The largest absolute Gasteiger partial charge is 0.491 e. The molecule has 0 aliphatic carbocycles. The number of aromatic nitrogens is 1. The maximum atomic E-state index is 12.7. The van der Waals surface area contributed by atoms with Gasteiger partial charge in [-0.2, -0.15) is 5.26 Å². The SMILES string of the molecule is Cc1ccc(C)c(OCCn2cc(C=C(C#N)C(=O)N3CCCC3)c3ccccc32)c1. The lowest BCUT2D eigenvalue weighted by Gasteiger charge is -2.13. The van der Waals surface area contributed by atoms with Crippen molar-refractivity contribution in [1.29, 1.82) is 5.26 Å². The molecule has 0 atom stereocenters. The molecule has 5 heteroatoms. The molecule has 0 saturated carbocycles. The van der Waals surface area contributed by atoms with Crippen LogP contribution in [0, 0.1) is 25.2 Å². The summed E-state index contributed by atoms with van der Waals surface area (Å²) >= 11 is 0. The Morgan fingerprint density at radius 3 is 2.71 bits per heavy atom. The molecule has 2 heterocycles. The highest BCUT2D eigenvalue weighted by Crippen LogP contribution is 2.25. The van der Waals surface area contributed by atoms with Gasteiger partial charge in [0.1, 0.15) is 24.0 Å². The number of benzene rings is 2. The summed E-state index contributed by atoms with van der Waals surface area (Å²) in [6, 6.07) is 16.4. The number of fused-ring (bicyclic) bond motifs is 1. The number of carbonyl (C=O) groups excluding carboxylic acids is 1. The Balaban J connectivity index is 1.57. The van der Waals surface area contributed by atoms with Crippen LogP contribution in [0.3, 0.4) is 0 Å². The fourth-order valence-corrected chi connectivity index (χ4v) is 4.08. The van der Waals surface area contributed by atoms with E-state index in [1.165, 1.54) is 5.56 Å². The summed E-state index contributed by atoms with van der Waals surface area (Å²) in [7, 11) is 0. The van der Waals surface area contributed by atoms with Gasteiger partial charge in [-0.1, -0.05) is 30.3 Å². The highest BCUT2D eigenvalue weighted by Gasteiger charge is 2.22. The minimum absolute atomic E-state index is 0.171. The lowest BCUT2D eigenvalue weighted by molar-refractivity contribution is -0.125. The second-order valence-electron chi connectivity index (χ2n) is 8.08. The van der Waals surface area contributed by atoms with Crippen molar-refractivity contribution in [3.63, 3.8) is 0 Å². The first-order valence-corrected chi connectivity index (χ1v) is 10.8. The van der Waals surface area contributed by atoms with Gasteiger partial charge in [0.2, 0.25) is 0 Å². The number of likely N-dealkylation sites (tertiary alicyclic amines) is 1. The Hall–Kier alpha value is -3.52. The third-order valence-corrected chi connectivity index (χ3v) is 5.80. The third kappa shape index (κ3) is 4.49. The molecule has 1 saturated heterocycles. The van der Waals surface area contributed by atoms with E-state index in [4.69, 9.17) is 4.74 Å². The maximum absolute atomic E-state index is 12.7. The molecule has 1 aliphatic heterocycles. The van der Waals surface area contributed by atoms with Crippen LogP contribution in [0.15, 0.2) is 54.2 Å². The Morgan fingerprint density at radius 1 is 1.16 bits per heavy atom. The van der Waals surface area contributed by atoms with Crippen molar-refractivity contribution in [3.05, 3.63) is 70.9 Å². The minimum Gasteiger partial charge on any atom is -0.491 e. The van der Waals surface area contributed by atoms with Gasteiger partial charge in [-0.3, -0.25) is 4.79 Å². The van der Waals surface area contributed by atoms with E-state index in [1.807, 2.05) is 31.3 Å². The first-order valence-electron chi connectivity index (χ1n) is 10.8. The molecule has 5 nitrogen and oxygen atoms in total. The molecule has 1 amide bonds. The summed E-state index contributed by atoms with van der Waals surface area (Å²) in [5.74, 6) is 0.731. The molecule has 0 spiro atoms. The van der Waals surface area contributed by atoms with Crippen LogP contribution >= 0.6 is 0 Å². The van der Waals surface area contributed by atoms with E-state index in [2.05, 4.69) is 41.8 Å². The normalized spacial score (nSPS) is 14.1. The van der Waals surface area contributed by atoms with E-state index in [0.29, 0.717) is 13.2 Å². The summed E-state index contributed by atoms with van der Waals surface area (Å²) in [5, 5.41) is 10.6. The van der Waals surface area contributed by atoms with Crippen LogP contribution in [-0.2, 0) is 11.3 Å². The van der Waals surface area contributed by atoms with Crippen molar-refractivity contribution in [2.75, 3.05) is 19.7 Å². The van der Waals surface area contributed by atoms with Crippen LogP contribution in [0.1, 0.15) is 29.5 Å². The van der Waals surface area contributed by atoms with E-state index in [9.17, 15) is 10.1 Å². The van der Waals surface area contributed by atoms with Gasteiger partial charge in [0.05, 0.1) is 6.54 Å². The highest BCUT2D eigenvalue weighted by atomic mass is 16.5. The predicted octanol–water partition coefficient (Wildman–Crippen LogP) is 4.87. The van der Waals surface area contributed by atoms with Crippen LogP contribution in [-0.4, -0.2) is 35.1 Å². The summed E-state index contributed by atoms with van der Waals surface area (Å²) in [5.41, 5.74) is 4.42. The first-order chi connectivity index (χ1) is 15.1. The smallest absolute Gasteiger partial charge is 0.264 e. The summed E-state index contributed by atoms with van der Waals surface area (Å²) in [6.45, 7) is 6.77. The number of nitrogens with zero attached hydrogens (tertiary/aromatic N) is 3. The second-order valence-corrected chi connectivity index (χ2v) is 8.08. The lowest BCUT2D eigenvalue weighted by atomic mass is 10.1. The van der Waals surface area contributed by atoms with Crippen molar-refractivity contribution < 1.29 is 9.53 Å². The zero-order valence-electron chi connectivity index (χ0n) is 18.1. The van der Waals surface area contributed by atoms with Crippen LogP contribution in [0.4, 0.5) is 0 Å². The average molecular weight is 414 g/mol. The number of hydrogen-bond acceptors (Lipinski definition) is 3. The van der Waals surface area contributed by atoms with Crippen LogP contribution in [0.2, 0.25) is 0 Å². The number of para-hydroxylation sites is 1. The quantitative estimate of drug-likeness (QED) is 0.428. The molecule has 0 bridgehead atoms. The maximum Gasteiger partial charge on any atom is 0.264 e. The van der Waals surface area contributed by atoms with Gasteiger partial charge in [0.15, 0.2) is 0 Å². The fourth-order valence-electron chi connectivity index (χ4n) is 4.08. The standard InChI is InChI=1S/C26H27N3O2/c1-19-9-10-20(2)25(15-19)31-14-13-29-18-22(23-7-3-4-8-24(23)29)16-21(17-27)26(30)28-11-5-6-12-28/h3-4,7-10,15-16,18H,5-6,11-14H2,1-2H3. The molecule has 1 fully saturated rings. The van der Waals surface area contributed by atoms with Crippen molar-refractivity contribution in [2.45, 2.75) is 33.2 Å². The van der Waals surface area contributed by atoms with Gasteiger partial charge in [0, 0.05) is 35.8 Å². The molecule has 0 unspecified atom stereocenters. The van der Waals surface area contributed by atoms with Gasteiger partial charge in [-0.25, -0.2) is 0 Å². The van der Waals surface area contributed by atoms with Crippen molar-refractivity contribution in [1.82, 2.24) is 9.47 Å². The Morgan fingerprint density at radius 2 is 1.94 bits per heavy atom. The predicted molar refractivity (Wildman–Crippen MR) is 123 cm³/mol. The van der Waals surface area contributed by atoms with Crippen LogP contribution < -0.4 is 4.74 Å². The molecule has 158 valence electrons. The number of amides is 1. The molecular formula is C26H27N3O2. The highest BCUT2D eigenvalue weighted by molar-refractivity contribution is 6.04. The Labute approximate surface area is 183 Å². The number of rotatable bonds is 6. The average Bonchev–Trinajstić information content (AvgIpc) is 3.43. The van der Waals surface area contributed by atoms with Gasteiger partial charge in [-0.15, -0.1) is 0 Å². The number of aryl methyl sites for hydroxylation is 2. The van der Waals surface area contributed by atoms with E-state index in [1.54, 1.807) is 11.0 Å². The monoisotopic (exact) mass is 413 g/mol. The molecule has 2 aromatic carbocycles. The fraction of sp³-hybridized carbons (Fsp3) is 0.308. The van der Waals surface area contributed by atoms with Crippen molar-refractivity contribution >= 4 is 22.9 Å². The zero-order chi connectivity index (χ0) is 21.8. The third-order valence-electron chi connectivity index (χ3n) is 5.80. The number of nitriles is 1. The molecular weight excluding hydrogens is 386 g/mol. The van der Waals surface area contributed by atoms with E-state index < -0.39 is 0 Å².